The fourth-order valence-corrected chi connectivity index (χ4v) is 1.60. The Morgan fingerprint density at radius 3 is 2.60 bits per heavy atom. The minimum atomic E-state index is -3.67. The monoisotopic (exact) mass is 231 g/mol. The average molecular weight is 231 g/mol. The van der Waals surface area contributed by atoms with Crippen LogP contribution in [-0.2, 0) is 16.4 Å². The number of nitrogens with zero attached hydrogens (tertiary/aromatic N) is 2. The Morgan fingerprint density at radius 2 is 2.13 bits per heavy atom. The number of aryl methyl sites for hydroxylation is 1. The number of hydrogen-bond donors (Lipinski definition) is 2. The summed E-state index contributed by atoms with van der Waals surface area (Å²) in [6, 6.07) is 3.47. The van der Waals surface area contributed by atoms with E-state index in [9.17, 15) is 8.42 Å². The predicted molar refractivity (Wildman–Crippen MR) is 53.8 cm³/mol. The van der Waals surface area contributed by atoms with Gasteiger partial charge in [-0.05, 0) is 26.0 Å². The Labute approximate surface area is 88.4 Å². The van der Waals surface area contributed by atoms with E-state index >= 15 is 0 Å². The molecule has 1 rings (SSSR count). The lowest BCUT2D eigenvalue weighted by molar-refractivity contribution is 0.241. The molecule has 0 saturated heterocycles. The molecule has 0 aliphatic heterocycles. The zero-order valence-corrected chi connectivity index (χ0v) is 9.32. The fraction of sp³-hybridized carbons (Fsp3) is 0.500. The molecule has 15 heavy (non-hydrogen) atoms. The summed E-state index contributed by atoms with van der Waals surface area (Å²) in [7, 11) is -3.67. The van der Waals surface area contributed by atoms with Gasteiger partial charge in [-0.2, -0.15) is 10.2 Å². The fourth-order valence-electron chi connectivity index (χ4n) is 1.03. The Kier molecular flexibility index (Phi) is 3.72. The first-order valence-electron chi connectivity index (χ1n) is 4.39. The first kappa shape index (κ1) is 12.0. The lowest BCUT2D eigenvalue weighted by Gasteiger charge is -2.09. The van der Waals surface area contributed by atoms with E-state index in [0.29, 0.717) is 5.69 Å². The first-order valence-corrected chi connectivity index (χ1v) is 5.94. The normalized spacial score (nSPS) is 13.8. The smallest absolute Gasteiger partial charge is 0.236 e. The summed E-state index contributed by atoms with van der Waals surface area (Å²) < 4.78 is 22.3. The van der Waals surface area contributed by atoms with Crippen molar-refractivity contribution in [2.45, 2.75) is 25.5 Å². The molecule has 1 aromatic heterocycles. The third kappa shape index (κ3) is 3.22. The largest absolute Gasteiger partial charge is 0.302 e. The van der Waals surface area contributed by atoms with Crippen molar-refractivity contribution >= 4 is 10.0 Å². The Bertz CT molecular complexity index is 415. The molecule has 1 atom stereocenters. The standard InChI is InChI=1S/C8H13N3O3S/c1-6-3-4-8(10-9-6)5-7(2)15(13,14)11-12/h3-4,7,11-12H,5H2,1-2H3. The molecule has 2 N–H and O–H groups in total. The molecular weight excluding hydrogens is 218 g/mol. The minimum Gasteiger partial charge on any atom is -0.302 e. The van der Waals surface area contributed by atoms with Crippen LogP contribution in [0.2, 0.25) is 0 Å². The first-order chi connectivity index (χ1) is 6.95. The van der Waals surface area contributed by atoms with E-state index in [1.165, 1.54) is 11.8 Å². The van der Waals surface area contributed by atoms with Crippen LogP contribution < -0.4 is 4.89 Å². The van der Waals surface area contributed by atoms with Crippen LogP contribution in [0.3, 0.4) is 0 Å². The predicted octanol–water partition coefficient (Wildman–Crippen LogP) is 0.0246. The molecule has 0 aliphatic carbocycles. The topological polar surface area (TPSA) is 92.2 Å². The SMILES string of the molecule is Cc1ccc(CC(C)S(=O)(=O)NO)nn1. The molecule has 84 valence electrons. The van der Waals surface area contributed by atoms with Crippen molar-refractivity contribution in [1.82, 2.24) is 15.1 Å². The van der Waals surface area contributed by atoms with Gasteiger partial charge in [0.25, 0.3) is 0 Å². The van der Waals surface area contributed by atoms with Gasteiger partial charge in [0.15, 0.2) is 0 Å². The maximum atomic E-state index is 11.2. The van der Waals surface area contributed by atoms with Crippen molar-refractivity contribution in [2.75, 3.05) is 0 Å². The van der Waals surface area contributed by atoms with Crippen LogP contribution >= 0.6 is 0 Å². The number of aromatic nitrogens is 2. The van der Waals surface area contributed by atoms with Crippen molar-refractivity contribution in [1.29, 1.82) is 0 Å². The van der Waals surface area contributed by atoms with Crippen molar-refractivity contribution in [3.05, 3.63) is 23.5 Å². The Balaban J connectivity index is 2.75. The molecular formula is C8H13N3O3S. The second-order valence-electron chi connectivity index (χ2n) is 3.32. The number of nitrogens with one attached hydrogen (secondary N) is 1. The molecule has 0 saturated carbocycles. The van der Waals surface area contributed by atoms with Gasteiger partial charge in [-0.1, -0.05) is 4.89 Å². The molecule has 0 bridgehead atoms. The van der Waals surface area contributed by atoms with Crippen LogP contribution in [-0.4, -0.2) is 29.1 Å². The Hall–Kier alpha value is -1.05. The molecule has 7 heteroatoms. The van der Waals surface area contributed by atoms with Crippen molar-refractivity contribution < 1.29 is 13.6 Å². The summed E-state index contributed by atoms with van der Waals surface area (Å²) in [6.45, 7) is 3.28. The van der Waals surface area contributed by atoms with Gasteiger partial charge < -0.3 is 5.21 Å². The van der Waals surface area contributed by atoms with Gasteiger partial charge in [-0.3, -0.25) is 0 Å². The highest BCUT2D eigenvalue weighted by Crippen LogP contribution is 2.06. The Morgan fingerprint density at radius 1 is 1.47 bits per heavy atom. The summed E-state index contributed by atoms with van der Waals surface area (Å²) >= 11 is 0. The third-order valence-electron chi connectivity index (χ3n) is 2.01. The molecule has 0 aromatic carbocycles. The van der Waals surface area contributed by atoms with Crippen LogP contribution in [0.5, 0.6) is 0 Å². The number of hydrogen-bond acceptors (Lipinski definition) is 5. The average Bonchev–Trinajstić information content (AvgIpc) is 2.21. The van der Waals surface area contributed by atoms with Crippen LogP contribution in [0.25, 0.3) is 0 Å². The van der Waals surface area contributed by atoms with E-state index in [0.717, 1.165) is 5.69 Å². The number of sulfonamides is 1. The highest BCUT2D eigenvalue weighted by Gasteiger charge is 2.20. The molecule has 6 nitrogen and oxygen atoms in total. The van der Waals surface area contributed by atoms with Gasteiger partial charge in [0.2, 0.25) is 10.0 Å². The van der Waals surface area contributed by atoms with Gasteiger partial charge in [0.1, 0.15) is 0 Å². The summed E-state index contributed by atoms with van der Waals surface area (Å²) in [6.07, 6.45) is 0.211. The minimum absolute atomic E-state index is 0.211. The maximum absolute atomic E-state index is 11.2. The van der Waals surface area contributed by atoms with E-state index < -0.39 is 15.3 Å². The maximum Gasteiger partial charge on any atom is 0.236 e. The second-order valence-corrected chi connectivity index (χ2v) is 5.39. The van der Waals surface area contributed by atoms with Crippen LogP contribution in [0.1, 0.15) is 18.3 Å². The quantitative estimate of drug-likeness (QED) is 0.713. The molecule has 0 aliphatic rings. The van der Waals surface area contributed by atoms with E-state index in [4.69, 9.17) is 5.21 Å². The molecule has 1 unspecified atom stereocenters. The third-order valence-corrected chi connectivity index (χ3v) is 3.49. The molecule has 0 fully saturated rings. The molecule has 0 spiro atoms. The van der Waals surface area contributed by atoms with Gasteiger partial charge in [-0.25, -0.2) is 8.42 Å². The lowest BCUT2D eigenvalue weighted by atomic mass is 10.2. The van der Waals surface area contributed by atoms with E-state index in [-0.39, 0.29) is 6.42 Å². The van der Waals surface area contributed by atoms with Crippen molar-refractivity contribution in [2.24, 2.45) is 0 Å². The molecule has 1 aromatic rings. The number of rotatable bonds is 4. The van der Waals surface area contributed by atoms with Gasteiger partial charge in [-0.15, -0.1) is 0 Å². The molecule has 0 radical (unpaired) electrons. The molecule has 0 amide bonds. The van der Waals surface area contributed by atoms with Gasteiger partial charge in [0, 0.05) is 6.42 Å². The molecule has 1 heterocycles. The zero-order chi connectivity index (χ0) is 11.5. The van der Waals surface area contributed by atoms with E-state index in [1.807, 2.05) is 0 Å². The van der Waals surface area contributed by atoms with Crippen LogP contribution in [0.15, 0.2) is 12.1 Å². The summed E-state index contributed by atoms with van der Waals surface area (Å²) in [5.41, 5.74) is 1.35. The van der Waals surface area contributed by atoms with Crippen molar-refractivity contribution in [3.63, 3.8) is 0 Å². The van der Waals surface area contributed by atoms with E-state index in [1.54, 1.807) is 19.1 Å². The summed E-state index contributed by atoms with van der Waals surface area (Å²) in [5, 5.41) is 15.3. The van der Waals surface area contributed by atoms with Crippen LogP contribution in [0, 0.1) is 6.92 Å². The lowest BCUT2D eigenvalue weighted by Crippen LogP contribution is -2.31. The van der Waals surface area contributed by atoms with E-state index in [2.05, 4.69) is 10.2 Å². The van der Waals surface area contributed by atoms with Crippen molar-refractivity contribution in [3.8, 4) is 0 Å². The second kappa shape index (κ2) is 4.65. The van der Waals surface area contributed by atoms with Gasteiger partial charge >= 0.3 is 0 Å². The van der Waals surface area contributed by atoms with Gasteiger partial charge in [0.05, 0.1) is 16.6 Å². The highest BCUT2D eigenvalue weighted by atomic mass is 32.2. The zero-order valence-electron chi connectivity index (χ0n) is 8.51. The highest BCUT2D eigenvalue weighted by molar-refractivity contribution is 7.89. The summed E-state index contributed by atoms with van der Waals surface area (Å²) in [4.78, 5) is 1.30. The summed E-state index contributed by atoms with van der Waals surface area (Å²) in [5.74, 6) is 0. The van der Waals surface area contributed by atoms with Crippen LogP contribution in [0.4, 0.5) is 0 Å².